The number of halogens is 1. The van der Waals surface area contributed by atoms with Crippen molar-refractivity contribution in [3.8, 4) is 0 Å². The van der Waals surface area contributed by atoms with Crippen LogP contribution in [0.2, 0.25) is 0 Å². The van der Waals surface area contributed by atoms with Gasteiger partial charge in [-0.1, -0.05) is 0 Å². The van der Waals surface area contributed by atoms with Gasteiger partial charge in [0.2, 0.25) is 0 Å². The normalized spacial score (nSPS) is 17.8. The van der Waals surface area contributed by atoms with Crippen molar-refractivity contribution in [1.29, 1.82) is 0 Å². The Bertz CT molecular complexity index is 361. The Labute approximate surface area is 94.5 Å². The summed E-state index contributed by atoms with van der Waals surface area (Å²) in [5.41, 5.74) is 0.736. The van der Waals surface area contributed by atoms with Gasteiger partial charge in [0, 0.05) is 16.2 Å². The van der Waals surface area contributed by atoms with Crippen LogP contribution in [-0.4, -0.2) is 18.3 Å². The molecule has 1 fully saturated rings. The third-order valence-corrected chi connectivity index (χ3v) is 4.25. The van der Waals surface area contributed by atoms with Gasteiger partial charge in [0.05, 0.1) is 0 Å². The van der Waals surface area contributed by atoms with Gasteiger partial charge in [-0.05, 0) is 50.6 Å². The van der Waals surface area contributed by atoms with Gasteiger partial charge in [-0.25, -0.2) is 4.39 Å². The lowest BCUT2D eigenvalue weighted by Crippen LogP contribution is -2.22. The van der Waals surface area contributed by atoms with Crippen LogP contribution in [0.5, 0.6) is 0 Å². The minimum Gasteiger partial charge on any atom is -0.318 e. The van der Waals surface area contributed by atoms with Crippen molar-refractivity contribution in [2.75, 3.05) is 13.6 Å². The number of aryl methyl sites for hydroxylation is 1. The highest BCUT2D eigenvalue weighted by atomic mass is 32.2. The second-order valence-corrected chi connectivity index (χ2v) is 5.77. The van der Waals surface area contributed by atoms with Gasteiger partial charge in [-0.2, -0.15) is 0 Å². The molecule has 0 saturated heterocycles. The molecule has 0 aromatic heterocycles. The molecule has 3 heteroatoms. The van der Waals surface area contributed by atoms with E-state index in [2.05, 4.69) is 5.32 Å². The highest BCUT2D eigenvalue weighted by molar-refractivity contribution is 8.01. The van der Waals surface area contributed by atoms with E-state index in [0.29, 0.717) is 4.75 Å². The van der Waals surface area contributed by atoms with Crippen molar-refractivity contribution in [2.24, 2.45) is 0 Å². The number of hydrogen-bond donors (Lipinski definition) is 1. The molecule has 1 aromatic carbocycles. The van der Waals surface area contributed by atoms with E-state index in [1.54, 1.807) is 6.07 Å². The van der Waals surface area contributed by atoms with Gasteiger partial charge in [-0.15, -0.1) is 11.8 Å². The van der Waals surface area contributed by atoms with E-state index in [1.807, 2.05) is 37.9 Å². The molecule has 1 saturated carbocycles. The maximum Gasteiger partial charge on any atom is 0.126 e. The van der Waals surface area contributed by atoms with Gasteiger partial charge in [-0.3, -0.25) is 0 Å². The number of benzene rings is 1. The molecule has 0 aliphatic heterocycles. The van der Waals surface area contributed by atoms with Crippen LogP contribution in [0.15, 0.2) is 23.1 Å². The number of thioether (sulfide) groups is 1. The SMILES string of the molecule is CNCC1(Sc2ccc(F)c(C)c2)CC1. The maximum atomic E-state index is 13.1. The minimum atomic E-state index is -0.113. The first-order valence-corrected chi connectivity index (χ1v) is 6.07. The van der Waals surface area contributed by atoms with Crippen molar-refractivity contribution in [3.63, 3.8) is 0 Å². The monoisotopic (exact) mass is 225 g/mol. The van der Waals surface area contributed by atoms with Gasteiger partial charge >= 0.3 is 0 Å². The van der Waals surface area contributed by atoms with Crippen LogP contribution < -0.4 is 5.32 Å². The zero-order valence-electron chi connectivity index (χ0n) is 9.14. The average Bonchev–Trinajstić information content (AvgIpc) is 2.92. The van der Waals surface area contributed by atoms with Crippen molar-refractivity contribution in [3.05, 3.63) is 29.6 Å². The van der Waals surface area contributed by atoms with Crippen LogP contribution in [0.25, 0.3) is 0 Å². The van der Waals surface area contributed by atoms with Gasteiger partial charge < -0.3 is 5.32 Å². The number of hydrogen-bond acceptors (Lipinski definition) is 2. The fraction of sp³-hybridized carbons (Fsp3) is 0.500. The summed E-state index contributed by atoms with van der Waals surface area (Å²) >= 11 is 1.88. The summed E-state index contributed by atoms with van der Waals surface area (Å²) < 4.78 is 13.4. The lowest BCUT2D eigenvalue weighted by Gasteiger charge is -2.14. The van der Waals surface area contributed by atoms with Crippen molar-refractivity contribution in [1.82, 2.24) is 5.32 Å². The van der Waals surface area contributed by atoms with E-state index in [0.717, 1.165) is 12.1 Å². The summed E-state index contributed by atoms with van der Waals surface area (Å²) in [5.74, 6) is -0.113. The first-order valence-electron chi connectivity index (χ1n) is 5.25. The highest BCUT2D eigenvalue weighted by Gasteiger charge is 2.42. The molecule has 0 amide bonds. The molecule has 1 nitrogen and oxygen atoms in total. The van der Waals surface area contributed by atoms with E-state index in [1.165, 1.54) is 17.7 Å². The molecule has 0 heterocycles. The van der Waals surface area contributed by atoms with E-state index >= 15 is 0 Å². The van der Waals surface area contributed by atoms with Crippen molar-refractivity contribution < 1.29 is 4.39 Å². The first-order chi connectivity index (χ1) is 7.15. The Morgan fingerprint density at radius 1 is 1.47 bits per heavy atom. The van der Waals surface area contributed by atoms with Crippen LogP contribution in [0.1, 0.15) is 18.4 Å². The minimum absolute atomic E-state index is 0.113. The Hall–Kier alpha value is -0.540. The number of nitrogens with one attached hydrogen (secondary N) is 1. The van der Waals surface area contributed by atoms with Crippen LogP contribution in [-0.2, 0) is 0 Å². The summed E-state index contributed by atoms with van der Waals surface area (Å²) in [6.07, 6.45) is 2.52. The fourth-order valence-corrected chi connectivity index (χ4v) is 3.10. The van der Waals surface area contributed by atoms with Crippen molar-refractivity contribution in [2.45, 2.75) is 29.4 Å². The molecular weight excluding hydrogens is 209 g/mol. The van der Waals surface area contributed by atoms with Gasteiger partial charge in [0.25, 0.3) is 0 Å². The van der Waals surface area contributed by atoms with E-state index in [4.69, 9.17) is 0 Å². The molecule has 0 unspecified atom stereocenters. The fourth-order valence-electron chi connectivity index (χ4n) is 1.71. The molecule has 0 atom stereocenters. The highest BCUT2D eigenvalue weighted by Crippen LogP contribution is 2.51. The average molecular weight is 225 g/mol. The van der Waals surface area contributed by atoms with Gasteiger partial charge in [0.1, 0.15) is 5.82 Å². The van der Waals surface area contributed by atoms with Gasteiger partial charge in [0.15, 0.2) is 0 Å². The predicted octanol–water partition coefficient (Wildman–Crippen LogP) is 2.98. The van der Waals surface area contributed by atoms with Crippen LogP contribution in [0.4, 0.5) is 4.39 Å². The van der Waals surface area contributed by atoms with Crippen LogP contribution in [0.3, 0.4) is 0 Å². The van der Waals surface area contributed by atoms with E-state index < -0.39 is 0 Å². The second kappa shape index (κ2) is 4.14. The van der Waals surface area contributed by atoms with Crippen molar-refractivity contribution >= 4 is 11.8 Å². The van der Waals surface area contributed by atoms with E-state index in [-0.39, 0.29) is 5.82 Å². The molecular formula is C12H16FNS. The lowest BCUT2D eigenvalue weighted by atomic mass is 10.2. The molecule has 0 spiro atoms. The maximum absolute atomic E-state index is 13.1. The molecule has 1 aliphatic carbocycles. The molecule has 82 valence electrons. The van der Waals surface area contributed by atoms with Crippen LogP contribution in [0, 0.1) is 12.7 Å². The van der Waals surface area contributed by atoms with Crippen LogP contribution >= 0.6 is 11.8 Å². The molecule has 1 N–H and O–H groups in total. The Morgan fingerprint density at radius 2 is 2.20 bits per heavy atom. The van der Waals surface area contributed by atoms with E-state index in [9.17, 15) is 4.39 Å². The first kappa shape index (κ1) is 11.0. The zero-order chi connectivity index (χ0) is 10.9. The quantitative estimate of drug-likeness (QED) is 0.845. The third kappa shape index (κ3) is 2.52. The summed E-state index contributed by atoms with van der Waals surface area (Å²) in [6, 6.07) is 5.38. The molecule has 1 aliphatic rings. The Balaban J connectivity index is 2.08. The molecule has 1 aromatic rings. The lowest BCUT2D eigenvalue weighted by molar-refractivity contribution is 0.617. The second-order valence-electron chi connectivity index (χ2n) is 4.23. The summed E-state index contributed by atoms with van der Waals surface area (Å²) in [6.45, 7) is 2.85. The largest absolute Gasteiger partial charge is 0.318 e. The molecule has 0 bridgehead atoms. The zero-order valence-corrected chi connectivity index (χ0v) is 9.96. The molecule has 2 rings (SSSR count). The topological polar surface area (TPSA) is 12.0 Å². The molecule has 15 heavy (non-hydrogen) atoms. The smallest absolute Gasteiger partial charge is 0.126 e. The summed E-state index contributed by atoms with van der Waals surface area (Å²) in [7, 11) is 1.98. The third-order valence-electron chi connectivity index (χ3n) is 2.77. The predicted molar refractivity (Wildman–Crippen MR) is 62.9 cm³/mol. The Morgan fingerprint density at radius 3 is 2.73 bits per heavy atom. The number of rotatable bonds is 4. The summed E-state index contributed by atoms with van der Waals surface area (Å²) in [5, 5.41) is 3.22. The summed E-state index contributed by atoms with van der Waals surface area (Å²) in [4.78, 5) is 1.18. The standard InChI is InChI=1S/C12H16FNS/c1-9-7-10(3-4-11(9)13)15-12(5-6-12)8-14-2/h3-4,7,14H,5-6,8H2,1-2H3. The molecule has 0 radical (unpaired) electrons. The Kier molecular flexibility index (Phi) is 3.03.